The molecule has 1 N–H and O–H groups in total. The fraction of sp³-hybridized carbons (Fsp3) is 0.714. The molecule has 0 spiro atoms. The lowest BCUT2D eigenvalue weighted by Crippen LogP contribution is -2.36. The first-order valence-electron chi connectivity index (χ1n) is 6.83. The number of nitrogens with one attached hydrogen (secondary N) is 1. The summed E-state index contributed by atoms with van der Waals surface area (Å²) in [6.07, 6.45) is 5.16. The van der Waals surface area contributed by atoms with E-state index in [2.05, 4.69) is 41.2 Å². The van der Waals surface area contributed by atoms with Crippen LogP contribution in [-0.2, 0) is 4.74 Å². The molecular formula is C14H22BrNOS. The Bertz CT molecular complexity index is 374. The minimum atomic E-state index is 0.333. The van der Waals surface area contributed by atoms with Gasteiger partial charge in [-0.2, -0.15) is 0 Å². The van der Waals surface area contributed by atoms with Gasteiger partial charge in [0.05, 0.1) is 12.1 Å². The third-order valence-corrected chi connectivity index (χ3v) is 5.37. The van der Waals surface area contributed by atoms with Crippen molar-refractivity contribution in [1.29, 1.82) is 0 Å². The van der Waals surface area contributed by atoms with Crippen molar-refractivity contribution in [3.8, 4) is 0 Å². The molecule has 0 bridgehead atoms. The quantitative estimate of drug-likeness (QED) is 0.861. The van der Waals surface area contributed by atoms with Gasteiger partial charge in [0.15, 0.2) is 0 Å². The van der Waals surface area contributed by atoms with Crippen LogP contribution in [0.2, 0.25) is 0 Å². The van der Waals surface area contributed by atoms with Crippen molar-refractivity contribution in [3.63, 3.8) is 0 Å². The molecule has 1 aromatic rings. The van der Waals surface area contributed by atoms with E-state index in [1.54, 1.807) is 0 Å². The number of thiophene rings is 1. The third-order valence-electron chi connectivity index (χ3n) is 3.32. The third kappa shape index (κ3) is 3.56. The predicted molar refractivity (Wildman–Crippen MR) is 81.4 cm³/mol. The first-order valence-corrected chi connectivity index (χ1v) is 8.44. The highest BCUT2D eigenvalue weighted by molar-refractivity contribution is 9.10. The summed E-state index contributed by atoms with van der Waals surface area (Å²) in [5.74, 6) is 0. The molecule has 1 aromatic heterocycles. The van der Waals surface area contributed by atoms with Crippen molar-refractivity contribution in [2.24, 2.45) is 0 Å². The number of hydrogen-bond donors (Lipinski definition) is 1. The summed E-state index contributed by atoms with van der Waals surface area (Å²) >= 11 is 5.57. The van der Waals surface area contributed by atoms with E-state index in [9.17, 15) is 0 Å². The molecule has 2 unspecified atom stereocenters. The largest absolute Gasteiger partial charge is 0.376 e. The molecule has 0 amide bonds. The summed E-state index contributed by atoms with van der Waals surface area (Å²) < 4.78 is 7.21. The Hall–Kier alpha value is 0.1000. The van der Waals surface area contributed by atoms with Crippen LogP contribution in [0.15, 0.2) is 10.5 Å². The lowest BCUT2D eigenvalue weighted by molar-refractivity contribution is -0.00753. The van der Waals surface area contributed by atoms with Gasteiger partial charge in [-0.25, -0.2) is 0 Å². The van der Waals surface area contributed by atoms with Gasteiger partial charge < -0.3 is 10.1 Å². The van der Waals surface area contributed by atoms with Gasteiger partial charge in [0.25, 0.3) is 0 Å². The molecule has 1 saturated heterocycles. The van der Waals surface area contributed by atoms with Crippen LogP contribution in [0, 0.1) is 6.92 Å². The van der Waals surface area contributed by atoms with E-state index in [0.717, 1.165) is 19.6 Å². The van der Waals surface area contributed by atoms with Crippen LogP contribution in [0.1, 0.15) is 48.4 Å². The van der Waals surface area contributed by atoms with Crippen molar-refractivity contribution < 1.29 is 4.74 Å². The molecule has 2 atom stereocenters. The van der Waals surface area contributed by atoms with E-state index in [1.807, 2.05) is 11.3 Å². The highest BCUT2D eigenvalue weighted by Crippen LogP contribution is 2.36. The summed E-state index contributed by atoms with van der Waals surface area (Å²) in [6.45, 7) is 6.34. The van der Waals surface area contributed by atoms with E-state index in [0.29, 0.717) is 12.1 Å². The molecule has 18 heavy (non-hydrogen) atoms. The maximum absolute atomic E-state index is 5.98. The molecular weight excluding hydrogens is 310 g/mol. The van der Waals surface area contributed by atoms with Crippen LogP contribution in [0.5, 0.6) is 0 Å². The smallest absolute Gasteiger partial charge is 0.0778 e. The van der Waals surface area contributed by atoms with Crippen LogP contribution < -0.4 is 5.32 Å². The molecule has 4 heteroatoms. The average molecular weight is 332 g/mol. The Morgan fingerprint density at radius 3 is 2.94 bits per heavy atom. The second kappa shape index (κ2) is 7.04. The maximum atomic E-state index is 5.98. The Labute approximate surface area is 122 Å². The molecule has 0 aliphatic carbocycles. The van der Waals surface area contributed by atoms with Gasteiger partial charge in [-0.3, -0.25) is 0 Å². The minimum Gasteiger partial charge on any atom is -0.376 e. The summed E-state index contributed by atoms with van der Waals surface area (Å²) in [4.78, 5) is 2.75. The van der Waals surface area contributed by atoms with Gasteiger partial charge in [-0.15, -0.1) is 11.3 Å². The number of hydrogen-bond acceptors (Lipinski definition) is 3. The standard InChI is InChI=1S/C14H22BrNOS/c1-3-7-16-13(12-6-4-5-8-17-12)14-11(15)9-10(2)18-14/h9,12-13,16H,3-8H2,1-2H3. The summed E-state index contributed by atoms with van der Waals surface area (Å²) in [5.41, 5.74) is 0. The van der Waals surface area contributed by atoms with Gasteiger partial charge in [-0.05, 0) is 61.1 Å². The highest BCUT2D eigenvalue weighted by Gasteiger charge is 2.28. The summed E-state index contributed by atoms with van der Waals surface area (Å²) in [6, 6.07) is 2.56. The SMILES string of the molecule is CCCNC(c1sc(C)cc1Br)C1CCCCO1. The summed E-state index contributed by atoms with van der Waals surface area (Å²) in [5, 5.41) is 3.66. The van der Waals surface area contributed by atoms with Crippen molar-refractivity contribution in [2.45, 2.75) is 51.7 Å². The molecule has 0 aromatic carbocycles. The second-order valence-corrected chi connectivity index (χ2v) is 7.05. The Kier molecular flexibility index (Phi) is 5.67. The van der Waals surface area contributed by atoms with E-state index >= 15 is 0 Å². The highest BCUT2D eigenvalue weighted by atomic mass is 79.9. The van der Waals surface area contributed by atoms with Gasteiger partial charge in [-0.1, -0.05) is 6.92 Å². The lowest BCUT2D eigenvalue weighted by Gasteiger charge is -2.31. The zero-order chi connectivity index (χ0) is 13.0. The lowest BCUT2D eigenvalue weighted by atomic mass is 10.0. The Morgan fingerprint density at radius 2 is 2.39 bits per heavy atom. The zero-order valence-electron chi connectivity index (χ0n) is 11.2. The number of rotatable bonds is 5. The van der Waals surface area contributed by atoms with Crippen molar-refractivity contribution in [3.05, 3.63) is 20.3 Å². The van der Waals surface area contributed by atoms with Gasteiger partial charge in [0.2, 0.25) is 0 Å². The summed E-state index contributed by atoms with van der Waals surface area (Å²) in [7, 11) is 0. The molecule has 1 fully saturated rings. The molecule has 2 rings (SSSR count). The molecule has 0 radical (unpaired) electrons. The van der Waals surface area contributed by atoms with E-state index in [4.69, 9.17) is 4.74 Å². The molecule has 102 valence electrons. The molecule has 2 nitrogen and oxygen atoms in total. The Morgan fingerprint density at radius 1 is 1.56 bits per heavy atom. The number of ether oxygens (including phenoxy) is 1. The monoisotopic (exact) mass is 331 g/mol. The van der Waals surface area contributed by atoms with Crippen LogP contribution in [-0.4, -0.2) is 19.3 Å². The van der Waals surface area contributed by atoms with Crippen molar-refractivity contribution >= 4 is 27.3 Å². The van der Waals surface area contributed by atoms with Crippen LogP contribution in [0.25, 0.3) is 0 Å². The Balaban J connectivity index is 2.15. The fourth-order valence-electron chi connectivity index (χ4n) is 2.43. The van der Waals surface area contributed by atoms with Gasteiger partial charge in [0.1, 0.15) is 0 Å². The van der Waals surface area contributed by atoms with Crippen LogP contribution in [0.4, 0.5) is 0 Å². The fourth-order valence-corrected chi connectivity index (χ4v) is 4.46. The topological polar surface area (TPSA) is 21.3 Å². The van der Waals surface area contributed by atoms with Crippen molar-refractivity contribution in [1.82, 2.24) is 5.32 Å². The average Bonchev–Trinajstić information content (AvgIpc) is 2.70. The first-order chi connectivity index (χ1) is 8.72. The molecule has 0 saturated carbocycles. The minimum absolute atomic E-state index is 0.333. The zero-order valence-corrected chi connectivity index (χ0v) is 13.6. The predicted octanol–water partition coefficient (Wildman–Crippen LogP) is 4.43. The van der Waals surface area contributed by atoms with Gasteiger partial charge in [0, 0.05) is 20.8 Å². The second-order valence-electron chi connectivity index (χ2n) is 4.91. The first kappa shape index (κ1) is 14.5. The van der Waals surface area contributed by atoms with Crippen molar-refractivity contribution in [2.75, 3.05) is 13.2 Å². The number of halogens is 1. The number of aryl methyl sites for hydroxylation is 1. The maximum Gasteiger partial charge on any atom is 0.0778 e. The normalized spacial score (nSPS) is 22.1. The molecule has 2 heterocycles. The van der Waals surface area contributed by atoms with Crippen LogP contribution in [0.3, 0.4) is 0 Å². The molecule has 1 aliphatic heterocycles. The van der Waals surface area contributed by atoms with E-state index in [1.165, 1.54) is 33.5 Å². The van der Waals surface area contributed by atoms with E-state index < -0.39 is 0 Å². The molecule has 1 aliphatic rings. The van der Waals surface area contributed by atoms with Gasteiger partial charge >= 0.3 is 0 Å². The van der Waals surface area contributed by atoms with E-state index in [-0.39, 0.29) is 0 Å². The van der Waals surface area contributed by atoms with Crippen LogP contribution >= 0.6 is 27.3 Å².